The molecule has 1 aliphatic carbocycles. The molecule has 116 valence electrons. The van der Waals surface area contributed by atoms with Crippen molar-refractivity contribution < 1.29 is 14.3 Å². The van der Waals surface area contributed by atoms with Crippen LogP contribution in [-0.2, 0) is 4.79 Å². The molecule has 1 saturated carbocycles. The first-order valence-electron chi connectivity index (χ1n) is 7.38. The van der Waals surface area contributed by atoms with Crippen LogP contribution in [0, 0.1) is 23.1 Å². The van der Waals surface area contributed by atoms with Gasteiger partial charge < -0.3 is 5.11 Å². The Morgan fingerprint density at radius 2 is 2.00 bits per heavy atom. The van der Waals surface area contributed by atoms with E-state index in [4.69, 9.17) is 11.6 Å². The molecule has 4 heteroatoms. The Labute approximate surface area is 130 Å². The summed E-state index contributed by atoms with van der Waals surface area (Å²) >= 11 is 6.20. The summed E-state index contributed by atoms with van der Waals surface area (Å²) in [5.74, 6) is -1.46. The Hall–Kier alpha value is -1.09. The molecule has 1 aromatic carbocycles. The number of aliphatic carboxylic acids is 1. The van der Waals surface area contributed by atoms with Gasteiger partial charge in [0.1, 0.15) is 5.82 Å². The number of rotatable bonds is 2. The highest BCUT2D eigenvalue weighted by Crippen LogP contribution is 2.48. The van der Waals surface area contributed by atoms with E-state index in [1.54, 1.807) is 0 Å². The van der Waals surface area contributed by atoms with Gasteiger partial charge in [-0.2, -0.15) is 0 Å². The Kier molecular flexibility index (Phi) is 4.62. The summed E-state index contributed by atoms with van der Waals surface area (Å²) in [5, 5.41) is 9.94. The van der Waals surface area contributed by atoms with Gasteiger partial charge >= 0.3 is 5.97 Å². The lowest BCUT2D eigenvalue weighted by Crippen LogP contribution is -2.34. The summed E-state index contributed by atoms with van der Waals surface area (Å²) in [5.41, 5.74) is 0.750. The molecule has 0 bridgehead atoms. The molecule has 3 atom stereocenters. The van der Waals surface area contributed by atoms with Crippen LogP contribution in [0.25, 0.3) is 0 Å². The van der Waals surface area contributed by atoms with Crippen LogP contribution in [-0.4, -0.2) is 11.1 Å². The smallest absolute Gasteiger partial charge is 0.307 e. The molecular weight excluding hydrogens is 291 g/mol. The van der Waals surface area contributed by atoms with Crippen molar-refractivity contribution in [2.75, 3.05) is 0 Å². The van der Waals surface area contributed by atoms with Gasteiger partial charge in [-0.3, -0.25) is 4.79 Å². The maximum absolute atomic E-state index is 13.6. The maximum atomic E-state index is 13.6. The van der Waals surface area contributed by atoms with E-state index >= 15 is 0 Å². The number of hydrogen-bond acceptors (Lipinski definition) is 1. The second-order valence-electron chi connectivity index (χ2n) is 7.09. The molecule has 0 heterocycles. The highest BCUT2D eigenvalue weighted by molar-refractivity contribution is 6.31. The van der Waals surface area contributed by atoms with Crippen LogP contribution in [0.1, 0.15) is 51.5 Å². The molecule has 2 nitrogen and oxygen atoms in total. The third kappa shape index (κ3) is 3.57. The molecule has 0 radical (unpaired) electrons. The summed E-state index contributed by atoms with van der Waals surface area (Å²) < 4.78 is 13.6. The van der Waals surface area contributed by atoms with E-state index in [2.05, 4.69) is 20.8 Å². The van der Waals surface area contributed by atoms with E-state index in [1.165, 1.54) is 18.2 Å². The Bertz CT molecular complexity index is 536. The van der Waals surface area contributed by atoms with Crippen LogP contribution in [0.4, 0.5) is 4.39 Å². The second kappa shape index (κ2) is 5.96. The first kappa shape index (κ1) is 16.3. The topological polar surface area (TPSA) is 37.3 Å². The van der Waals surface area contributed by atoms with E-state index in [0.29, 0.717) is 22.9 Å². The minimum absolute atomic E-state index is 0.113. The molecular formula is C17H22ClFO2. The van der Waals surface area contributed by atoms with Gasteiger partial charge in [0.05, 0.1) is 5.92 Å². The average Bonchev–Trinajstić information content (AvgIpc) is 2.39. The zero-order valence-electron chi connectivity index (χ0n) is 12.7. The minimum Gasteiger partial charge on any atom is -0.481 e. The molecule has 2 rings (SSSR count). The van der Waals surface area contributed by atoms with Crippen LogP contribution < -0.4 is 0 Å². The number of carboxylic acids is 1. The largest absolute Gasteiger partial charge is 0.481 e. The van der Waals surface area contributed by atoms with E-state index in [9.17, 15) is 14.3 Å². The fourth-order valence-electron chi connectivity index (χ4n) is 3.40. The van der Waals surface area contributed by atoms with E-state index < -0.39 is 11.9 Å². The second-order valence-corrected chi connectivity index (χ2v) is 7.50. The van der Waals surface area contributed by atoms with Crippen molar-refractivity contribution in [3.05, 3.63) is 34.6 Å². The summed E-state index contributed by atoms with van der Waals surface area (Å²) in [6.07, 6.45) is 2.25. The zero-order valence-corrected chi connectivity index (χ0v) is 13.5. The van der Waals surface area contributed by atoms with E-state index in [0.717, 1.165) is 12.8 Å². The molecule has 0 spiro atoms. The predicted octanol–water partition coefficient (Wildman–Crippen LogP) is 5.11. The lowest BCUT2D eigenvalue weighted by molar-refractivity contribution is -0.144. The summed E-state index contributed by atoms with van der Waals surface area (Å²) in [6, 6.07) is 4.23. The van der Waals surface area contributed by atoms with Gasteiger partial charge in [-0.1, -0.05) is 32.4 Å². The molecule has 1 aliphatic rings. The van der Waals surface area contributed by atoms with Gasteiger partial charge in [0.15, 0.2) is 0 Å². The highest BCUT2D eigenvalue weighted by atomic mass is 35.5. The van der Waals surface area contributed by atoms with Gasteiger partial charge in [0.25, 0.3) is 0 Å². The van der Waals surface area contributed by atoms with Gasteiger partial charge in [-0.25, -0.2) is 4.39 Å². The number of carbonyl (C=O) groups is 1. The lowest BCUT2D eigenvalue weighted by Gasteiger charge is -2.41. The number of benzene rings is 1. The molecule has 21 heavy (non-hydrogen) atoms. The first-order chi connectivity index (χ1) is 9.70. The molecule has 1 fully saturated rings. The Balaban J connectivity index is 2.38. The van der Waals surface area contributed by atoms with Crippen molar-refractivity contribution in [1.82, 2.24) is 0 Å². The molecule has 3 unspecified atom stereocenters. The summed E-state index contributed by atoms with van der Waals surface area (Å²) in [4.78, 5) is 11.6. The standard InChI is InChI=1S/C17H22ClFO2/c1-17(2,3)10-4-6-12(16(20)21)13(8-10)14-9-11(19)5-7-15(14)18/h5,7,9-10,12-13H,4,6,8H2,1-3H3,(H,20,21). The normalized spacial score (nSPS) is 26.6. The minimum atomic E-state index is -0.812. The van der Waals surface area contributed by atoms with Gasteiger partial charge in [-0.15, -0.1) is 0 Å². The Morgan fingerprint density at radius 1 is 1.33 bits per heavy atom. The van der Waals surface area contributed by atoms with Crippen LogP contribution >= 0.6 is 11.6 Å². The number of halogens is 2. The van der Waals surface area contributed by atoms with Crippen LogP contribution in [0.5, 0.6) is 0 Å². The van der Waals surface area contributed by atoms with Crippen LogP contribution in [0.15, 0.2) is 18.2 Å². The molecule has 0 saturated heterocycles. The average molecular weight is 313 g/mol. The van der Waals surface area contributed by atoms with Gasteiger partial charge in [-0.05, 0) is 60.3 Å². The van der Waals surface area contributed by atoms with Crippen molar-refractivity contribution in [2.45, 2.75) is 46.0 Å². The van der Waals surface area contributed by atoms with E-state index in [1.807, 2.05) is 0 Å². The molecule has 0 aromatic heterocycles. The number of carboxylic acid groups (broad SMARTS) is 1. The molecule has 0 amide bonds. The fraction of sp³-hybridized carbons (Fsp3) is 0.588. The quantitative estimate of drug-likeness (QED) is 0.824. The zero-order chi connectivity index (χ0) is 15.8. The Morgan fingerprint density at radius 3 is 2.57 bits per heavy atom. The van der Waals surface area contributed by atoms with Crippen molar-refractivity contribution in [1.29, 1.82) is 0 Å². The molecule has 1 N–H and O–H groups in total. The van der Waals surface area contributed by atoms with Crippen LogP contribution in [0.2, 0.25) is 5.02 Å². The predicted molar refractivity (Wildman–Crippen MR) is 82.1 cm³/mol. The monoisotopic (exact) mass is 312 g/mol. The molecule has 0 aliphatic heterocycles. The highest BCUT2D eigenvalue weighted by Gasteiger charge is 2.40. The molecule has 1 aromatic rings. The SMILES string of the molecule is CC(C)(C)C1CCC(C(=O)O)C(c2cc(F)ccc2Cl)C1. The fourth-order valence-corrected chi connectivity index (χ4v) is 3.65. The van der Waals surface area contributed by atoms with Crippen molar-refractivity contribution in [3.8, 4) is 0 Å². The van der Waals surface area contributed by atoms with Crippen molar-refractivity contribution >= 4 is 17.6 Å². The van der Waals surface area contributed by atoms with Crippen molar-refractivity contribution in [3.63, 3.8) is 0 Å². The first-order valence-corrected chi connectivity index (χ1v) is 7.75. The number of hydrogen-bond donors (Lipinski definition) is 1. The lowest BCUT2D eigenvalue weighted by atomic mass is 9.64. The van der Waals surface area contributed by atoms with Crippen LogP contribution in [0.3, 0.4) is 0 Å². The van der Waals surface area contributed by atoms with Gasteiger partial charge in [0.2, 0.25) is 0 Å². The van der Waals surface area contributed by atoms with Gasteiger partial charge in [0, 0.05) is 5.02 Å². The van der Waals surface area contributed by atoms with E-state index in [-0.39, 0.29) is 17.2 Å². The maximum Gasteiger partial charge on any atom is 0.307 e. The third-order valence-electron chi connectivity index (χ3n) is 4.75. The summed E-state index contributed by atoms with van der Waals surface area (Å²) in [7, 11) is 0. The van der Waals surface area contributed by atoms with Crippen molar-refractivity contribution in [2.24, 2.45) is 17.3 Å². The third-order valence-corrected chi connectivity index (χ3v) is 5.09. The summed E-state index contributed by atoms with van der Waals surface area (Å²) in [6.45, 7) is 6.51.